The molecule has 0 atom stereocenters. The third-order valence-electron chi connectivity index (χ3n) is 1.81. The van der Waals surface area contributed by atoms with Gasteiger partial charge in [-0.3, -0.25) is 14.6 Å². The highest BCUT2D eigenvalue weighted by molar-refractivity contribution is 5.95. The number of aromatic nitrogens is 1. The Bertz CT molecular complexity index is 322. The van der Waals surface area contributed by atoms with Gasteiger partial charge in [0.15, 0.2) is 5.78 Å². The SMILES string of the molecule is NC(=O)CCCC(=O)c1cccnc1. The van der Waals surface area contributed by atoms with Crippen molar-refractivity contribution in [1.29, 1.82) is 0 Å². The highest BCUT2D eigenvalue weighted by atomic mass is 16.1. The summed E-state index contributed by atoms with van der Waals surface area (Å²) in [5.41, 5.74) is 5.54. The molecule has 4 nitrogen and oxygen atoms in total. The summed E-state index contributed by atoms with van der Waals surface area (Å²) >= 11 is 0. The number of nitrogens with two attached hydrogens (primary N) is 1. The third kappa shape index (κ3) is 3.35. The minimum atomic E-state index is -0.371. The Labute approximate surface area is 82.1 Å². The zero-order chi connectivity index (χ0) is 10.4. The van der Waals surface area contributed by atoms with Crippen LogP contribution >= 0.6 is 0 Å². The zero-order valence-corrected chi connectivity index (χ0v) is 7.77. The summed E-state index contributed by atoms with van der Waals surface area (Å²) in [6, 6.07) is 3.42. The van der Waals surface area contributed by atoms with Crippen LogP contribution in [0, 0.1) is 0 Å². The standard InChI is InChI=1S/C10H12N2O2/c11-10(14)5-1-4-9(13)8-3-2-6-12-7-8/h2-3,6-7H,1,4-5H2,(H2,11,14). The summed E-state index contributed by atoms with van der Waals surface area (Å²) in [5, 5.41) is 0. The molecule has 0 fully saturated rings. The number of Topliss-reactive ketones (excluding diaryl/α,β-unsaturated/α-hetero) is 1. The number of nitrogens with zero attached hydrogens (tertiary/aromatic N) is 1. The molecule has 0 aliphatic rings. The molecular formula is C10H12N2O2. The Kier molecular flexibility index (Phi) is 3.79. The van der Waals surface area contributed by atoms with Crippen molar-refractivity contribution in [1.82, 2.24) is 4.98 Å². The van der Waals surface area contributed by atoms with Gasteiger partial charge in [0.25, 0.3) is 0 Å². The molecule has 14 heavy (non-hydrogen) atoms. The summed E-state index contributed by atoms with van der Waals surface area (Å²) in [7, 11) is 0. The van der Waals surface area contributed by atoms with E-state index in [1.54, 1.807) is 18.3 Å². The minimum absolute atomic E-state index is 0.000602. The molecule has 1 aromatic rings. The largest absolute Gasteiger partial charge is 0.370 e. The fourth-order valence-corrected chi connectivity index (χ4v) is 1.10. The van der Waals surface area contributed by atoms with E-state index < -0.39 is 0 Å². The van der Waals surface area contributed by atoms with Gasteiger partial charge in [-0.25, -0.2) is 0 Å². The second kappa shape index (κ2) is 5.11. The average molecular weight is 192 g/mol. The molecule has 0 aromatic carbocycles. The number of carbonyl (C=O) groups excluding carboxylic acids is 2. The summed E-state index contributed by atoms with van der Waals surface area (Å²) in [5.74, 6) is -0.372. The number of hydrogen-bond acceptors (Lipinski definition) is 3. The molecule has 1 rings (SSSR count). The van der Waals surface area contributed by atoms with Gasteiger partial charge in [-0.2, -0.15) is 0 Å². The number of primary amides is 1. The predicted molar refractivity (Wildman–Crippen MR) is 51.6 cm³/mol. The average Bonchev–Trinajstić information content (AvgIpc) is 2.18. The summed E-state index contributed by atoms with van der Waals surface area (Å²) in [4.78, 5) is 25.7. The number of carbonyl (C=O) groups is 2. The van der Waals surface area contributed by atoms with Crippen LogP contribution in [-0.4, -0.2) is 16.7 Å². The van der Waals surface area contributed by atoms with E-state index in [9.17, 15) is 9.59 Å². The van der Waals surface area contributed by atoms with Crippen LogP contribution in [0.2, 0.25) is 0 Å². The minimum Gasteiger partial charge on any atom is -0.370 e. The lowest BCUT2D eigenvalue weighted by Gasteiger charge is -1.98. The molecule has 1 aromatic heterocycles. The molecule has 0 radical (unpaired) electrons. The van der Waals surface area contributed by atoms with Crippen LogP contribution in [0.4, 0.5) is 0 Å². The van der Waals surface area contributed by atoms with Gasteiger partial charge in [-0.05, 0) is 18.6 Å². The number of pyridine rings is 1. The molecule has 0 spiro atoms. The van der Waals surface area contributed by atoms with E-state index in [4.69, 9.17) is 5.73 Å². The van der Waals surface area contributed by atoms with E-state index in [2.05, 4.69) is 4.98 Å². The summed E-state index contributed by atoms with van der Waals surface area (Å²) < 4.78 is 0. The first kappa shape index (κ1) is 10.4. The van der Waals surface area contributed by atoms with Crippen LogP contribution in [0.25, 0.3) is 0 Å². The molecule has 1 amide bonds. The smallest absolute Gasteiger partial charge is 0.217 e. The van der Waals surface area contributed by atoms with Gasteiger partial charge in [0.05, 0.1) is 0 Å². The molecule has 0 saturated heterocycles. The molecule has 2 N–H and O–H groups in total. The maximum atomic E-state index is 11.4. The van der Waals surface area contributed by atoms with Crippen molar-refractivity contribution in [2.75, 3.05) is 0 Å². The fraction of sp³-hybridized carbons (Fsp3) is 0.300. The molecule has 1 heterocycles. The van der Waals surface area contributed by atoms with Crippen molar-refractivity contribution in [3.8, 4) is 0 Å². The molecule has 0 bridgehead atoms. The van der Waals surface area contributed by atoms with Crippen LogP contribution < -0.4 is 5.73 Å². The fourth-order valence-electron chi connectivity index (χ4n) is 1.10. The van der Waals surface area contributed by atoms with Crippen LogP contribution in [-0.2, 0) is 4.79 Å². The van der Waals surface area contributed by atoms with Crippen LogP contribution in [0.3, 0.4) is 0 Å². The van der Waals surface area contributed by atoms with Crippen molar-refractivity contribution in [3.05, 3.63) is 30.1 Å². The van der Waals surface area contributed by atoms with Crippen molar-refractivity contribution < 1.29 is 9.59 Å². The van der Waals surface area contributed by atoms with Crippen molar-refractivity contribution >= 4 is 11.7 Å². The van der Waals surface area contributed by atoms with Gasteiger partial charge in [0, 0.05) is 30.8 Å². The molecule has 0 saturated carbocycles. The van der Waals surface area contributed by atoms with Crippen molar-refractivity contribution in [2.45, 2.75) is 19.3 Å². The van der Waals surface area contributed by atoms with Gasteiger partial charge < -0.3 is 5.73 Å². The topological polar surface area (TPSA) is 73.1 Å². The Morgan fingerprint density at radius 2 is 2.14 bits per heavy atom. The van der Waals surface area contributed by atoms with Gasteiger partial charge in [0.2, 0.25) is 5.91 Å². The molecule has 0 unspecified atom stereocenters. The first-order valence-electron chi connectivity index (χ1n) is 4.41. The highest BCUT2D eigenvalue weighted by Gasteiger charge is 2.05. The number of rotatable bonds is 5. The first-order chi connectivity index (χ1) is 6.70. The lowest BCUT2D eigenvalue weighted by molar-refractivity contribution is -0.118. The maximum absolute atomic E-state index is 11.4. The Morgan fingerprint density at radius 3 is 2.71 bits per heavy atom. The van der Waals surface area contributed by atoms with E-state index in [0.29, 0.717) is 18.4 Å². The predicted octanol–water partition coefficient (Wildman–Crippen LogP) is 0.920. The van der Waals surface area contributed by atoms with E-state index in [-0.39, 0.29) is 18.1 Å². The van der Waals surface area contributed by atoms with Crippen LogP contribution in [0.15, 0.2) is 24.5 Å². The second-order valence-corrected chi connectivity index (χ2v) is 2.98. The molecule has 0 aliphatic heterocycles. The Balaban J connectivity index is 2.40. The monoisotopic (exact) mass is 192 g/mol. The van der Waals surface area contributed by atoms with Crippen LogP contribution in [0.1, 0.15) is 29.6 Å². The zero-order valence-electron chi connectivity index (χ0n) is 7.77. The first-order valence-corrected chi connectivity index (χ1v) is 4.41. The summed E-state index contributed by atoms with van der Waals surface area (Å²) in [6.07, 6.45) is 4.23. The van der Waals surface area contributed by atoms with Crippen molar-refractivity contribution in [3.63, 3.8) is 0 Å². The molecule has 0 aliphatic carbocycles. The maximum Gasteiger partial charge on any atom is 0.217 e. The Hall–Kier alpha value is -1.71. The number of ketones is 1. The molecule has 4 heteroatoms. The van der Waals surface area contributed by atoms with Gasteiger partial charge >= 0.3 is 0 Å². The van der Waals surface area contributed by atoms with Gasteiger partial charge in [-0.15, -0.1) is 0 Å². The number of hydrogen-bond donors (Lipinski definition) is 1. The molecule has 74 valence electrons. The van der Waals surface area contributed by atoms with Crippen molar-refractivity contribution in [2.24, 2.45) is 5.73 Å². The quantitative estimate of drug-likeness (QED) is 0.705. The lowest BCUT2D eigenvalue weighted by Crippen LogP contribution is -2.10. The third-order valence-corrected chi connectivity index (χ3v) is 1.81. The molecular weight excluding hydrogens is 180 g/mol. The second-order valence-electron chi connectivity index (χ2n) is 2.98. The van der Waals surface area contributed by atoms with E-state index in [1.807, 2.05) is 0 Å². The van der Waals surface area contributed by atoms with E-state index in [1.165, 1.54) is 6.20 Å². The Morgan fingerprint density at radius 1 is 1.36 bits per heavy atom. The highest BCUT2D eigenvalue weighted by Crippen LogP contribution is 2.04. The van der Waals surface area contributed by atoms with E-state index in [0.717, 1.165) is 0 Å². The normalized spacial score (nSPS) is 9.71. The lowest BCUT2D eigenvalue weighted by atomic mass is 10.1. The van der Waals surface area contributed by atoms with Gasteiger partial charge in [-0.1, -0.05) is 0 Å². The van der Waals surface area contributed by atoms with Gasteiger partial charge in [0.1, 0.15) is 0 Å². The summed E-state index contributed by atoms with van der Waals surface area (Å²) in [6.45, 7) is 0. The number of amides is 1. The van der Waals surface area contributed by atoms with Crippen LogP contribution in [0.5, 0.6) is 0 Å². The van der Waals surface area contributed by atoms with E-state index >= 15 is 0 Å².